The molecule has 0 radical (unpaired) electrons. The number of hydrogen-bond acceptors (Lipinski definition) is 1. The third-order valence-corrected chi connectivity index (χ3v) is 4.52. The third-order valence-electron chi connectivity index (χ3n) is 4.26. The van der Waals surface area contributed by atoms with E-state index in [1.54, 1.807) is 30.3 Å². The second-order valence-electron chi connectivity index (χ2n) is 5.82. The van der Waals surface area contributed by atoms with Gasteiger partial charge >= 0.3 is 0 Å². The second-order valence-corrected chi connectivity index (χ2v) is 6.25. The van der Waals surface area contributed by atoms with Gasteiger partial charge in [-0.15, -0.1) is 0 Å². The lowest BCUT2D eigenvalue weighted by atomic mass is 9.71. The number of amides is 1. The van der Waals surface area contributed by atoms with Crippen LogP contribution in [0.3, 0.4) is 0 Å². The summed E-state index contributed by atoms with van der Waals surface area (Å²) < 4.78 is 13.1. The molecular weight excluding hydrogens is 313 g/mol. The molecule has 2 nitrogen and oxygen atoms in total. The minimum absolute atomic E-state index is 0.149. The van der Waals surface area contributed by atoms with Crippen LogP contribution in [-0.4, -0.2) is 5.91 Å². The van der Waals surface area contributed by atoms with Crippen molar-refractivity contribution in [2.24, 2.45) is 0 Å². The molecule has 0 unspecified atom stereocenters. The molecule has 23 heavy (non-hydrogen) atoms. The molecule has 0 aromatic heterocycles. The van der Waals surface area contributed by atoms with Crippen molar-refractivity contribution in [3.63, 3.8) is 0 Å². The minimum atomic E-state index is -0.366. The van der Waals surface area contributed by atoms with Gasteiger partial charge in [-0.1, -0.05) is 35.9 Å². The summed E-state index contributed by atoms with van der Waals surface area (Å²) in [4.78, 5) is 12.2. The Morgan fingerprint density at radius 1 is 1.09 bits per heavy atom. The van der Waals surface area contributed by atoms with E-state index in [1.165, 1.54) is 18.2 Å². The van der Waals surface area contributed by atoms with E-state index in [2.05, 4.69) is 5.32 Å². The highest BCUT2D eigenvalue weighted by Crippen LogP contribution is 2.41. The third kappa shape index (κ3) is 3.62. The van der Waals surface area contributed by atoms with Crippen LogP contribution in [0.4, 0.5) is 4.39 Å². The van der Waals surface area contributed by atoms with Crippen LogP contribution in [-0.2, 0) is 10.3 Å². The molecule has 3 rings (SSSR count). The molecule has 0 saturated heterocycles. The van der Waals surface area contributed by atoms with Gasteiger partial charge in [-0.25, -0.2) is 4.39 Å². The number of carbonyl (C=O) groups is 1. The molecule has 0 spiro atoms. The molecule has 2 aromatic carbocycles. The normalized spacial score (nSPS) is 16.1. The first-order valence-electron chi connectivity index (χ1n) is 7.59. The molecule has 118 valence electrons. The van der Waals surface area contributed by atoms with Crippen LogP contribution in [0, 0.1) is 5.82 Å². The van der Waals surface area contributed by atoms with Crippen LogP contribution in [0.15, 0.2) is 54.6 Å². The first-order chi connectivity index (χ1) is 11.1. The maximum absolute atomic E-state index is 13.1. The van der Waals surface area contributed by atoms with Crippen LogP contribution >= 0.6 is 11.6 Å². The first kappa shape index (κ1) is 15.8. The van der Waals surface area contributed by atoms with Gasteiger partial charge in [-0.2, -0.15) is 0 Å². The van der Waals surface area contributed by atoms with E-state index in [0.717, 1.165) is 30.4 Å². The lowest BCUT2D eigenvalue weighted by Crippen LogP contribution is -2.50. The largest absolute Gasteiger partial charge is 0.343 e. The lowest BCUT2D eigenvalue weighted by Gasteiger charge is -2.43. The average Bonchev–Trinajstić information content (AvgIpc) is 2.51. The standard InChI is InChI=1S/C19H17ClFNO/c20-16-7-2-14(3-8-16)4-11-18(23)22-19(12-1-13-19)15-5-9-17(21)10-6-15/h2-11H,1,12-13H2,(H,22,23)/b11-4+. The number of hydrogen-bond donors (Lipinski definition) is 1. The summed E-state index contributed by atoms with van der Waals surface area (Å²) in [5.41, 5.74) is 1.50. The van der Waals surface area contributed by atoms with E-state index in [9.17, 15) is 9.18 Å². The predicted octanol–water partition coefficient (Wildman–Crippen LogP) is 4.69. The number of nitrogens with one attached hydrogen (secondary N) is 1. The second kappa shape index (κ2) is 6.55. The first-order valence-corrected chi connectivity index (χ1v) is 7.97. The SMILES string of the molecule is O=C(/C=C/c1ccc(Cl)cc1)NC1(c2ccc(F)cc2)CCC1. The van der Waals surface area contributed by atoms with Crippen molar-refractivity contribution >= 4 is 23.6 Å². The zero-order valence-electron chi connectivity index (χ0n) is 12.6. The van der Waals surface area contributed by atoms with Crippen LogP contribution in [0.25, 0.3) is 6.08 Å². The minimum Gasteiger partial charge on any atom is -0.343 e. The summed E-state index contributed by atoms with van der Waals surface area (Å²) >= 11 is 5.84. The molecule has 2 aromatic rings. The Kier molecular flexibility index (Phi) is 4.49. The van der Waals surface area contributed by atoms with Gasteiger partial charge in [-0.05, 0) is 60.7 Å². The van der Waals surface area contributed by atoms with Gasteiger partial charge in [0, 0.05) is 11.1 Å². The fraction of sp³-hybridized carbons (Fsp3) is 0.211. The average molecular weight is 330 g/mol. The fourth-order valence-corrected chi connectivity index (χ4v) is 2.93. The summed E-state index contributed by atoms with van der Waals surface area (Å²) in [6.07, 6.45) is 6.08. The molecule has 0 aliphatic heterocycles. The van der Waals surface area contributed by atoms with Gasteiger partial charge in [0.1, 0.15) is 5.82 Å². The van der Waals surface area contributed by atoms with E-state index < -0.39 is 0 Å². The van der Waals surface area contributed by atoms with E-state index in [4.69, 9.17) is 11.6 Å². The zero-order chi connectivity index (χ0) is 16.3. The Labute approximate surface area is 140 Å². The van der Waals surface area contributed by atoms with Crippen LogP contribution in [0.1, 0.15) is 30.4 Å². The zero-order valence-corrected chi connectivity index (χ0v) is 13.3. The molecule has 0 bridgehead atoms. The molecule has 1 aliphatic carbocycles. The van der Waals surface area contributed by atoms with Crippen molar-refractivity contribution in [3.8, 4) is 0 Å². The topological polar surface area (TPSA) is 29.1 Å². The molecule has 0 atom stereocenters. The van der Waals surface area contributed by atoms with Crippen molar-refractivity contribution < 1.29 is 9.18 Å². The molecule has 1 amide bonds. The summed E-state index contributed by atoms with van der Waals surface area (Å²) in [6.45, 7) is 0. The number of halogens is 2. The highest BCUT2D eigenvalue weighted by atomic mass is 35.5. The fourth-order valence-electron chi connectivity index (χ4n) is 2.81. The molecule has 1 fully saturated rings. The van der Waals surface area contributed by atoms with Crippen molar-refractivity contribution in [1.82, 2.24) is 5.32 Å². The Morgan fingerprint density at radius 2 is 1.74 bits per heavy atom. The monoisotopic (exact) mass is 329 g/mol. The Balaban J connectivity index is 1.70. The highest BCUT2D eigenvalue weighted by molar-refractivity contribution is 6.30. The Morgan fingerprint density at radius 3 is 2.30 bits per heavy atom. The number of benzene rings is 2. The van der Waals surface area contributed by atoms with Gasteiger partial charge in [0.25, 0.3) is 0 Å². The maximum atomic E-state index is 13.1. The van der Waals surface area contributed by atoms with Crippen molar-refractivity contribution in [3.05, 3.63) is 76.6 Å². The van der Waals surface area contributed by atoms with Gasteiger partial charge in [0.2, 0.25) is 5.91 Å². The van der Waals surface area contributed by atoms with Crippen molar-refractivity contribution in [1.29, 1.82) is 0 Å². The Bertz CT molecular complexity index is 718. The number of carbonyl (C=O) groups excluding carboxylic acids is 1. The summed E-state index contributed by atoms with van der Waals surface area (Å²) in [5, 5.41) is 3.74. The molecule has 0 heterocycles. The van der Waals surface area contributed by atoms with Crippen molar-refractivity contribution in [2.75, 3.05) is 0 Å². The van der Waals surface area contributed by atoms with E-state index in [-0.39, 0.29) is 17.3 Å². The van der Waals surface area contributed by atoms with Crippen LogP contribution in [0.5, 0.6) is 0 Å². The summed E-state index contributed by atoms with van der Waals surface area (Å²) in [7, 11) is 0. The quantitative estimate of drug-likeness (QED) is 0.810. The molecular formula is C19H17ClFNO. The van der Waals surface area contributed by atoms with Gasteiger partial charge in [-0.3, -0.25) is 4.79 Å². The highest BCUT2D eigenvalue weighted by Gasteiger charge is 2.39. The Hall–Kier alpha value is -2.13. The number of rotatable bonds is 4. The van der Waals surface area contributed by atoms with E-state index >= 15 is 0 Å². The maximum Gasteiger partial charge on any atom is 0.244 e. The van der Waals surface area contributed by atoms with Gasteiger partial charge < -0.3 is 5.32 Å². The summed E-state index contributed by atoms with van der Waals surface area (Å²) in [6, 6.07) is 13.6. The predicted molar refractivity (Wildman–Crippen MR) is 90.6 cm³/mol. The van der Waals surface area contributed by atoms with Crippen LogP contribution in [0.2, 0.25) is 5.02 Å². The van der Waals surface area contributed by atoms with Crippen LogP contribution < -0.4 is 5.32 Å². The smallest absolute Gasteiger partial charge is 0.244 e. The summed E-state index contributed by atoms with van der Waals surface area (Å²) in [5.74, 6) is -0.416. The molecule has 4 heteroatoms. The van der Waals surface area contributed by atoms with Crippen molar-refractivity contribution in [2.45, 2.75) is 24.8 Å². The molecule has 1 aliphatic rings. The van der Waals surface area contributed by atoms with Gasteiger partial charge in [0.15, 0.2) is 0 Å². The van der Waals surface area contributed by atoms with Gasteiger partial charge in [0.05, 0.1) is 5.54 Å². The lowest BCUT2D eigenvalue weighted by molar-refractivity contribution is -0.119. The van der Waals surface area contributed by atoms with E-state index in [0.29, 0.717) is 5.02 Å². The van der Waals surface area contributed by atoms with E-state index in [1.807, 2.05) is 12.1 Å². The molecule has 1 saturated carbocycles. The molecule has 1 N–H and O–H groups in total.